The third-order valence-electron chi connectivity index (χ3n) is 2.44. The van der Waals surface area contributed by atoms with Gasteiger partial charge in [-0.2, -0.15) is 0 Å². The van der Waals surface area contributed by atoms with Gasteiger partial charge in [0.15, 0.2) is 0 Å². The van der Waals surface area contributed by atoms with Crippen LogP contribution < -0.4 is 10.8 Å². The quantitative estimate of drug-likeness (QED) is 0.684. The number of hydrogen-bond donors (Lipinski definition) is 3. The Balaban J connectivity index is 2.39. The van der Waals surface area contributed by atoms with Crippen molar-refractivity contribution in [3.05, 3.63) is 35.9 Å². The van der Waals surface area contributed by atoms with Gasteiger partial charge >= 0.3 is 6.09 Å². The molecule has 0 aromatic heterocycles. The lowest BCUT2D eigenvalue weighted by Crippen LogP contribution is -2.50. The number of aliphatic hydroxyl groups excluding tert-OH is 1. The van der Waals surface area contributed by atoms with E-state index in [1.807, 2.05) is 30.3 Å². The number of alkyl carbamates (subject to hydrolysis) is 1. The lowest BCUT2D eigenvalue weighted by molar-refractivity contribution is -0.137. The minimum Gasteiger partial charge on any atom is -0.444 e. The Morgan fingerprint density at radius 2 is 1.86 bits per heavy atom. The Labute approximate surface area is 129 Å². The van der Waals surface area contributed by atoms with Gasteiger partial charge in [0.05, 0.1) is 13.2 Å². The normalized spacial score (nSPS) is 12.4. The fourth-order valence-electron chi connectivity index (χ4n) is 1.48. The van der Waals surface area contributed by atoms with Gasteiger partial charge < -0.3 is 15.2 Å². The van der Waals surface area contributed by atoms with Crippen LogP contribution in [-0.2, 0) is 21.0 Å². The molecule has 0 saturated heterocycles. The average Bonchev–Trinajstić information content (AvgIpc) is 2.44. The molecule has 22 heavy (non-hydrogen) atoms. The van der Waals surface area contributed by atoms with Crippen LogP contribution in [0.15, 0.2) is 30.3 Å². The predicted octanol–water partition coefficient (Wildman–Crippen LogP) is 1.12. The number of hydrogen-bond acceptors (Lipinski definition) is 5. The standard InChI is InChI=1S/C15H22N2O5/c1-15(2,3)22-14(20)16-12(9-18)13(19)17-21-10-11-7-5-4-6-8-11/h4-8,12,18H,9-10H2,1-3H3,(H,16,20)(H,17,19)/t12-/m1/s1. The first-order chi connectivity index (χ1) is 10.3. The van der Waals surface area contributed by atoms with Crippen molar-refractivity contribution in [2.24, 2.45) is 0 Å². The summed E-state index contributed by atoms with van der Waals surface area (Å²) in [6.45, 7) is 4.70. The Morgan fingerprint density at radius 3 is 2.41 bits per heavy atom. The molecule has 122 valence electrons. The molecular weight excluding hydrogens is 288 g/mol. The zero-order valence-corrected chi connectivity index (χ0v) is 13.0. The molecule has 0 heterocycles. The summed E-state index contributed by atoms with van der Waals surface area (Å²) in [5.74, 6) is -0.663. The Morgan fingerprint density at radius 1 is 1.23 bits per heavy atom. The van der Waals surface area contributed by atoms with E-state index in [1.165, 1.54) is 0 Å². The molecule has 0 saturated carbocycles. The lowest BCUT2D eigenvalue weighted by Gasteiger charge is -2.22. The van der Waals surface area contributed by atoms with Gasteiger partial charge in [0.1, 0.15) is 11.6 Å². The number of amides is 2. The van der Waals surface area contributed by atoms with E-state index in [9.17, 15) is 14.7 Å². The average molecular weight is 310 g/mol. The predicted molar refractivity (Wildman–Crippen MR) is 79.6 cm³/mol. The molecule has 1 aromatic carbocycles. The van der Waals surface area contributed by atoms with Gasteiger partial charge in [-0.05, 0) is 26.3 Å². The van der Waals surface area contributed by atoms with Crippen LogP contribution in [0.3, 0.4) is 0 Å². The van der Waals surface area contributed by atoms with E-state index in [1.54, 1.807) is 20.8 Å². The molecule has 0 unspecified atom stereocenters. The highest BCUT2D eigenvalue weighted by Gasteiger charge is 2.23. The number of rotatable bonds is 6. The fraction of sp³-hybridized carbons (Fsp3) is 0.467. The van der Waals surface area contributed by atoms with E-state index < -0.39 is 30.3 Å². The minimum atomic E-state index is -1.15. The van der Waals surface area contributed by atoms with Gasteiger partial charge in [0.25, 0.3) is 5.91 Å². The second-order valence-electron chi connectivity index (χ2n) is 5.62. The summed E-state index contributed by atoms with van der Waals surface area (Å²) in [4.78, 5) is 28.4. The summed E-state index contributed by atoms with van der Waals surface area (Å²) in [6, 6.07) is 8.10. The smallest absolute Gasteiger partial charge is 0.408 e. The number of carbonyl (C=O) groups excluding carboxylic acids is 2. The number of hydroxylamine groups is 1. The highest BCUT2D eigenvalue weighted by Crippen LogP contribution is 2.06. The fourth-order valence-corrected chi connectivity index (χ4v) is 1.48. The van der Waals surface area contributed by atoms with Crippen LogP contribution >= 0.6 is 0 Å². The highest BCUT2D eigenvalue weighted by molar-refractivity contribution is 5.85. The summed E-state index contributed by atoms with van der Waals surface area (Å²) in [6.07, 6.45) is -0.787. The lowest BCUT2D eigenvalue weighted by atomic mass is 10.2. The van der Waals surface area contributed by atoms with Crippen LogP contribution in [0.4, 0.5) is 4.79 Å². The molecule has 3 N–H and O–H groups in total. The zero-order chi connectivity index (χ0) is 16.6. The van der Waals surface area contributed by atoms with Gasteiger partial charge in [0, 0.05) is 0 Å². The van der Waals surface area contributed by atoms with E-state index in [-0.39, 0.29) is 6.61 Å². The van der Waals surface area contributed by atoms with Gasteiger partial charge in [-0.15, -0.1) is 0 Å². The van der Waals surface area contributed by atoms with Crippen molar-refractivity contribution in [3.8, 4) is 0 Å². The van der Waals surface area contributed by atoms with Crippen molar-refractivity contribution in [3.63, 3.8) is 0 Å². The molecule has 0 radical (unpaired) electrons. The van der Waals surface area contributed by atoms with Crippen LogP contribution in [-0.4, -0.2) is 35.4 Å². The third-order valence-corrected chi connectivity index (χ3v) is 2.44. The molecule has 1 atom stereocenters. The van der Waals surface area contributed by atoms with Gasteiger partial charge in [-0.1, -0.05) is 30.3 Å². The van der Waals surface area contributed by atoms with Crippen LogP contribution in [0, 0.1) is 0 Å². The molecule has 0 fully saturated rings. The van der Waals surface area contributed by atoms with Crippen LogP contribution in [0.2, 0.25) is 0 Å². The largest absolute Gasteiger partial charge is 0.444 e. The topological polar surface area (TPSA) is 96.9 Å². The summed E-state index contributed by atoms with van der Waals surface area (Å²) >= 11 is 0. The van der Waals surface area contributed by atoms with E-state index in [2.05, 4.69) is 10.8 Å². The second-order valence-corrected chi connectivity index (χ2v) is 5.62. The molecule has 2 amide bonds. The molecule has 7 heteroatoms. The molecule has 0 aliphatic rings. The van der Waals surface area contributed by atoms with Crippen molar-refractivity contribution in [1.29, 1.82) is 0 Å². The van der Waals surface area contributed by atoms with E-state index in [0.29, 0.717) is 0 Å². The first-order valence-electron chi connectivity index (χ1n) is 6.88. The number of aliphatic hydroxyl groups is 1. The summed E-state index contributed by atoms with van der Waals surface area (Å²) < 4.78 is 5.01. The molecule has 0 aliphatic carbocycles. The maximum atomic E-state index is 11.8. The summed E-state index contributed by atoms with van der Waals surface area (Å²) in [7, 11) is 0. The van der Waals surface area contributed by atoms with Crippen molar-refractivity contribution in [1.82, 2.24) is 10.8 Å². The van der Waals surface area contributed by atoms with Gasteiger partial charge in [-0.3, -0.25) is 9.63 Å². The van der Waals surface area contributed by atoms with Crippen molar-refractivity contribution in [2.45, 2.75) is 39.0 Å². The SMILES string of the molecule is CC(C)(C)OC(=O)N[C@H](CO)C(=O)NOCc1ccccc1. The van der Waals surface area contributed by atoms with E-state index in [4.69, 9.17) is 9.57 Å². The number of benzene rings is 1. The number of carbonyl (C=O) groups is 2. The van der Waals surface area contributed by atoms with E-state index in [0.717, 1.165) is 5.56 Å². The third kappa shape index (κ3) is 7.05. The highest BCUT2D eigenvalue weighted by atomic mass is 16.7. The number of nitrogens with one attached hydrogen (secondary N) is 2. The Hall–Kier alpha value is -2.12. The summed E-state index contributed by atoms with van der Waals surface area (Å²) in [5, 5.41) is 11.4. The molecule has 0 spiro atoms. The molecular formula is C15H22N2O5. The Kier molecular flexibility index (Phi) is 6.81. The molecule has 7 nitrogen and oxygen atoms in total. The minimum absolute atomic E-state index is 0.178. The van der Waals surface area contributed by atoms with Crippen LogP contribution in [0.1, 0.15) is 26.3 Å². The van der Waals surface area contributed by atoms with Crippen LogP contribution in [0.25, 0.3) is 0 Å². The first kappa shape index (κ1) is 17.9. The van der Waals surface area contributed by atoms with Crippen molar-refractivity contribution >= 4 is 12.0 Å². The van der Waals surface area contributed by atoms with E-state index >= 15 is 0 Å². The maximum Gasteiger partial charge on any atom is 0.408 e. The maximum absolute atomic E-state index is 11.8. The summed E-state index contributed by atoms with van der Waals surface area (Å²) in [5.41, 5.74) is 2.37. The van der Waals surface area contributed by atoms with Crippen molar-refractivity contribution < 1.29 is 24.3 Å². The number of ether oxygens (including phenoxy) is 1. The van der Waals surface area contributed by atoms with Gasteiger partial charge in [0.2, 0.25) is 0 Å². The van der Waals surface area contributed by atoms with Gasteiger partial charge in [-0.25, -0.2) is 10.3 Å². The zero-order valence-electron chi connectivity index (χ0n) is 13.0. The second kappa shape index (κ2) is 8.35. The first-order valence-corrected chi connectivity index (χ1v) is 6.88. The molecule has 0 bridgehead atoms. The van der Waals surface area contributed by atoms with Crippen LogP contribution in [0.5, 0.6) is 0 Å². The Bertz CT molecular complexity index is 484. The molecule has 0 aliphatic heterocycles. The molecule has 1 rings (SSSR count). The monoisotopic (exact) mass is 310 g/mol. The van der Waals surface area contributed by atoms with Crippen molar-refractivity contribution in [2.75, 3.05) is 6.61 Å². The molecule has 1 aromatic rings.